The topological polar surface area (TPSA) is 84.8 Å². The Labute approximate surface area is 203 Å². The number of carboxylic acids is 1. The molecule has 1 heterocycles. The summed E-state index contributed by atoms with van der Waals surface area (Å²) in [6.45, 7) is 3.42. The van der Waals surface area contributed by atoms with E-state index in [1.807, 2.05) is 30.0 Å². The molecule has 35 heavy (non-hydrogen) atoms. The third kappa shape index (κ3) is 8.84. The summed E-state index contributed by atoms with van der Waals surface area (Å²) in [5, 5.41) is 8.71. The van der Waals surface area contributed by atoms with Crippen LogP contribution < -0.4 is 14.4 Å². The number of halogens is 2. The standard InChI is InChI=1S/C26H29F2N3O4/c1-3-19-15-29-25(30-16-19)31(17-21-6-4-8-23(14-21)35-26(2,27)28)13-5-7-20-9-11-22(12-10-20)34-18-24(32)33/h4,6,8-12,14-16H,3,5,7,13,17-18H2,1-2H3,(H,32,33). The summed E-state index contributed by atoms with van der Waals surface area (Å²) in [6.07, 6.45) is 2.72. The van der Waals surface area contributed by atoms with Gasteiger partial charge in [-0.2, -0.15) is 8.78 Å². The smallest absolute Gasteiger partial charge is 0.394 e. The van der Waals surface area contributed by atoms with Crippen LogP contribution in [-0.4, -0.2) is 40.3 Å². The highest BCUT2D eigenvalue weighted by atomic mass is 19.3. The van der Waals surface area contributed by atoms with Crippen molar-refractivity contribution in [2.75, 3.05) is 18.1 Å². The molecule has 0 fully saturated rings. The van der Waals surface area contributed by atoms with Gasteiger partial charge in [0, 0.05) is 32.4 Å². The zero-order valence-electron chi connectivity index (χ0n) is 19.8. The van der Waals surface area contributed by atoms with E-state index < -0.39 is 12.1 Å². The van der Waals surface area contributed by atoms with Gasteiger partial charge in [-0.1, -0.05) is 31.2 Å². The van der Waals surface area contributed by atoms with Crippen LogP contribution >= 0.6 is 0 Å². The lowest BCUT2D eigenvalue weighted by Crippen LogP contribution is -2.26. The van der Waals surface area contributed by atoms with E-state index in [2.05, 4.69) is 9.97 Å². The van der Waals surface area contributed by atoms with Crippen molar-refractivity contribution in [3.05, 3.63) is 77.6 Å². The highest BCUT2D eigenvalue weighted by molar-refractivity contribution is 5.68. The summed E-state index contributed by atoms with van der Waals surface area (Å²) < 4.78 is 36.4. The van der Waals surface area contributed by atoms with E-state index in [1.165, 1.54) is 6.07 Å². The molecule has 0 spiro atoms. The lowest BCUT2D eigenvalue weighted by atomic mass is 10.1. The Balaban J connectivity index is 1.67. The second kappa shape index (κ2) is 12.1. The molecule has 0 amide bonds. The van der Waals surface area contributed by atoms with Crippen LogP contribution in [0, 0.1) is 0 Å². The first-order valence-corrected chi connectivity index (χ1v) is 11.4. The zero-order chi connectivity index (χ0) is 25.3. The SMILES string of the molecule is CCc1cnc(N(CCCc2ccc(OCC(=O)O)cc2)Cc2cccc(OC(C)(F)F)c2)nc1. The summed E-state index contributed by atoms with van der Waals surface area (Å²) in [7, 11) is 0. The second-order valence-electron chi connectivity index (χ2n) is 8.15. The van der Waals surface area contributed by atoms with E-state index in [4.69, 9.17) is 14.6 Å². The summed E-state index contributed by atoms with van der Waals surface area (Å²) in [6, 6.07) is 13.9. The minimum Gasteiger partial charge on any atom is -0.482 e. The van der Waals surface area contributed by atoms with Crippen LogP contribution in [0.2, 0.25) is 0 Å². The number of hydrogen-bond acceptors (Lipinski definition) is 6. The molecule has 3 rings (SSSR count). The van der Waals surface area contributed by atoms with Crippen molar-refractivity contribution in [3.63, 3.8) is 0 Å². The number of alkyl halides is 2. The number of aryl methyl sites for hydroxylation is 2. The molecule has 186 valence electrons. The van der Waals surface area contributed by atoms with Crippen LogP contribution in [0.4, 0.5) is 14.7 Å². The number of nitrogens with zero attached hydrogens (tertiary/aromatic N) is 3. The molecule has 1 N–H and O–H groups in total. The first-order valence-electron chi connectivity index (χ1n) is 11.4. The summed E-state index contributed by atoms with van der Waals surface area (Å²) in [5.41, 5.74) is 2.91. The maximum absolute atomic E-state index is 13.3. The maximum Gasteiger partial charge on any atom is 0.394 e. The molecule has 0 radical (unpaired) electrons. The van der Waals surface area contributed by atoms with Crippen molar-refractivity contribution in [1.82, 2.24) is 9.97 Å². The molecule has 0 saturated heterocycles. The van der Waals surface area contributed by atoms with Crippen molar-refractivity contribution in [3.8, 4) is 11.5 Å². The number of aromatic nitrogens is 2. The Morgan fingerprint density at radius 2 is 1.74 bits per heavy atom. The van der Waals surface area contributed by atoms with Crippen molar-refractivity contribution in [2.24, 2.45) is 0 Å². The average Bonchev–Trinajstić information content (AvgIpc) is 2.82. The van der Waals surface area contributed by atoms with Crippen LogP contribution in [0.3, 0.4) is 0 Å². The Hall–Kier alpha value is -3.75. The lowest BCUT2D eigenvalue weighted by Gasteiger charge is -2.23. The van der Waals surface area contributed by atoms with Gasteiger partial charge in [0.25, 0.3) is 0 Å². The third-order valence-electron chi connectivity index (χ3n) is 5.13. The van der Waals surface area contributed by atoms with E-state index in [-0.39, 0.29) is 12.4 Å². The van der Waals surface area contributed by atoms with Crippen molar-refractivity contribution < 1.29 is 28.2 Å². The Kier molecular flexibility index (Phi) is 8.94. The second-order valence-corrected chi connectivity index (χ2v) is 8.15. The van der Waals surface area contributed by atoms with Crippen LogP contribution in [-0.2, 0) is 24.2 Å². The average molecular weight is 486 g/mol. The molecule has 0 atom stereocenters. The Bertz CT molecular complexity index is 1090. The van der Waals surface area contributed by atoms with Gasteiger partial charge >= 0.3 is 12.1 Å². The van der Waals surface area contributed by atoms with E-state index in [1.54, 1.807) is 36.7 Å². The fraction of sp³-hybridized carbons (Fsp3) is 0.346. The fourth-order valence-electron chi connectivity index (χ4n) is 3.45. The fourth-order valence-corrected chi connectivity index (χ4v) is 3.45. The molecule has 7 nitrogen and oxygen atoms in total. The lowest BCUT2D eigenvalue weighted by molar-refractivity contribution is -0.159. The third-order valence-corrected chi connectivity index (χ3v) is 5.13. The number of carboxylic acid groups (broad SMARTS) is 1. The van der Waals surface area contributed by atoms with E-state index >= 15 is 0 Å². The predicted molar refractivity (Wildman–Crippen MR) is 128 cm³/mol. The molecule has 9 heteroatoms. The van der Waals surface area contributed by atoms with Crippen molar-refractivity contribution >= 4 is 11.9 Å². The van der Waals surface area contributed by atoms with Gasteiger partial charge in [0.1, 0.15) is 11.5 Å². The van der Waals surface area contributed by atoms with Crippen LogP contribution in [0.25, 0.3) is 0 Å². The summed E-state index contributed by atoms with van der Waals surface area (Å²) in [5.74, 6) is 0.139. The van der Waals surface area contributed by atoms with Crippen molar-refractivity contribution in [2.45, 2.75) is 45.8 Å². The van der Waals surface area contributed by atoms with Gasteiger partial charge in [-0.25, -0.2) is 14.8 Å². The minimum absolute atomic E-state index is 0.0994. The first-order chi connectivity index (χ1) is 16.7. The Morgan fingerprint density at radius 3 is 2.37 bits per heavy atom. The van der Waals surface area contributed by atoms with Crippen LogP contribution in [0.1, 0.15) is 37.0 Å². The van der Waals surface area contributed by atoms with Gasteiger partial charge in [-0.05, 0) is 60.2 Å². The van der Waals surface area contributed by atoms with E-state index in [0.29, 0.717) is 31.7 Å². The Morgan fingerprint density at radius 1 is 1.03 bits per heavy atom. The number of carbonyl (C=O) groups is 1. The molecule has 1 aromatic heterocycles. The predicted octanol–water partition coefficient (Wildman–Crippen LogP) is 5.13. The highest BCUT2D eigenvalue weighted by Gasteiger charge is 2.23. The summed E-state index contributed by atoms with van der Waals surface area (Å²) >= 11 is 0. The quantitative estimate of drug-likeness (QED) is 0.359. The molecule has 0 bridgehead atoms. The number of aliphatic carboxylic acids is 1. The van der Waals surface area contributed by atoms with Gasteiger partial charge in [-0.15, -0.1) is 0 Å². The number of ether oxygens (including phenoxy) is 2. The van der Waals surface area contributed by atoms with Gasteiger partial charge in [0.05, 0.1) is 0 Å². The molecular weight excluding hydrogens is 456 g/mol. The first kappa shape index (κ1) is 25.9. The molecule has 0 unspecified atom stereocenters. The molecular formula is C26H29F2N3O4. The van der Waals surface area contributed by atoms with Crippen molar-refractivity contribution in [1.29, 1.82) is 0 Å². The molecule has 2 aromatic carbocycles. The number of benzene rings is 2. The van der Waals surface area contributed by atoms with Crippen LogP contribution in [0.15, 0.2) is 60.9 Å². The number of rotatable bonds is 13. The van der Waals surface area contributed by atoms with E-state index in [9.17, 15) is 13.6 Å². The van der Waals surface area contributed by atoms with Crippen LogP contribution in [0.5, 0.6) is 11.5 Å². The van der Waals surface area contributed by atoms with Gasteiger partial charge in [0.15, 0.2) is 6.61 Å². The van der Waals surface area contributed by atoms with Gasteiger partial charge in [-0.3, -0.25) is 0 Å². The van der Waals surface area contributed by atoms with Gasteiger partial charge < -0.3 is 19.5 Å². The van der Waals surface area contributed by atoms with Gasteiger partial charge in [0.2, 0.25) is 5.95 Å². The molecule has 0 saturated carbocycles. The highest BCUT2D eigenvalue weighted by Crippen LogP contribution is 2.23. The monoisotopic (exact) mass is 485 g/mol. The number of hydrogen-bond donors (Lipinski definition) is 1. The van der Waals surface area contributed by atoms with E-state index in [0.717, 1.165) is 36.0 Å². The largest absolute Gasteiger partial charge is 0.482 e. The molecule has 0 aliphatic carbocycles. The number of anilines is 1. The minimum atomic E-state index is -3.26. The molecule has 3 aromatic rings. The molecule has 0 aliphatic rings. The normalized spacial score (nSPS) is 11.2. The zero-order valence-corrected chi connectivity index (χ0v) is 19.8. The molecule has 0 aliphatic heterocycles. The summed E-state index contributed by atoms with van der Waals surface area (Å²) in [4.78, 5) is 21.6. The maximum atomic E-state index is 13.3.